The Hall–Kier alpha value is -1.68. The number of nitrogens with zero attached hydrogens (tertiary/aromatic N) is 3. The third-order valence-corrected chi connectivity index (χ3v) is 3.75. The van der Waals surface area contributed by atoms with Crippen LogP contribution in [0.3, 0.4) is 0 Å². The molecular formula is C13H23N5O4. The van der Waals surface area contributed by atoms with Gasteiger partial charge >= 0.3 is 0 Å². The lowest BCUT2D eigenvalue weighted by atomic mass is 10.0. The quantitative estimate of drug-likeness (QED) is 0.542. The summed E-state index contributed by atoms with van der Waals surface area (Å²) in [6.07, 6.45) is -1.37. The molecule has 9 nitrogen and oxygen atoms in total. The van der Waals surface area contributed by atoms with E-state index >= 15 is 0 Å². The second kappa shape index (κ2) is 7.05. The van der Waals surface area contributed by atoms with Crippen molar-refractivity contribution < 1.29 is 19.7 Å². The first-order valence-electron chi connectivity index (χ1n) is 7.01. The Bertz CT molecular complexity index is 503. The van der Waals surface area contributed by atoms with Crippen molar-refractivity contribution in [2.24, 2.45) is 0 Å². The van der Waals surface area contributed by atoms with E-state index in [-0.39, 0.29) is 13.0 Å². The van der Waals surface area contributed by atoms with Crippen LogP contribution in [0.2, 0.25) is 0 Å². The van der Waals surface area contributed by atoms with E-state index in [1.807, 2.05) is 0 Å². The molecule has 1 aliphatic heterocycles. The van der Waals surface area contributed by atoms with Gasteiger partial charge in [-0.25, -0.2) is 9.97 Å². The molecule has 0 spiro atoms. The molecule has 1 fully saturated rings. The molecule has 0 radical (unpaired) electrons. The third kappa shape index (κ3) is 3.22. The maximum Gasteiger partial charge on any atom is 0.159 e. The zero-order chi connectivity index (χ0) is 16.3. The SMILES string of the molecule is CNc1c(N)ncnc1N(C)C1C[C@H](O)[C@H](O)C(COC)O1. The summed E-state index contributed by atoms with van der Waals surface area (Å²) in [6, 6.07) is 0. The van der Waals surface area contributed by atoms with Gasteiger partial charge in [0.25, 0.3) is 0 Å². The summed E-state index contributed by atoms with van der Waals surface area (Å²) >= 11 is 0. The lowest BCUT2D eigenvalue weighted by Crippen LogP contribution is -2.54. The topological polar surface area (TPSA) is 126 Å². The zero-order valence-corrected chi connectivity index (χ0v) is 12.9. The molecule has 0 bridgehead atoms. The minimum Gasteiger partial charge on any atom is -0.390 e. The fraction of sp³-hybridized carbons (Fsp3) is 0.692. The first-order chi connectivity index (χ1) is 10.5. The Morgan fingerprint density at radius 1 is 1.50 bits per heavy atom. The summed E-state index contributed by atoms with van der Waals surface area (Å²) in [4.78, 5) is 9.91. The monoisotopic (exact) mass is 313 g/mol. The van der Waals surface area contributed by atoms with Crippen molar-refractivity contribution in [2.45, 2.75) is 31.0 Å². The first kappa shape index (κ1) is 16.7. The van der Waals surface area contributed by atoms with Gasteiger partial charge in [0.1, 0.15) is 30.5 Å². The van der Waals surface area contributed by atoms with Crippen LogP contribution in [0.4, 0.5) is 17.3 Å². The van der Waals surface area contributed by atoms with E-state index in [2.05, 4.69) is 15.3 Å². The summed E-state index contributed by atoms with van der Waals surface area (Å²) in [5, 5.41) is 22.9. The Balaban J connectivity index is 2.22. The molecule has 0 amide bonds. The fourth-order valence-electron chi connectivity index (χ4n) is 2.52. The molecule has 0 aromatic carbocycles. The number of nitrogens with two attached hydrogens (primary N) is 1. The predicted molar refractivity (Wildman–Crippen MR) is 81.6 cm³/mol. The van der Waals surface area contributed by atoms with E-state index in [1.165, 1.54) is 13.4 Å². The van der Waals surface area contributed by atoms with Crippen LogP contribution in [0.5, 0.6) is 0 Å². The number of ether oxygens (including phenoxy) is 2. The van der Waals surface area contributed by atoms with Crippen LogP contribution >= 0.6 is 0 Å². The van der Waals surface area contributed by atoms with Crippen molar-refractivity contribution in [3.8, 4) is 0 Å². The van der Waals surface area contributed by atoms with E-state index in [1.54, 1.807) is 19.0 Å². The molecule has 124 valence electrons. The van der Waals surface area contributed by atoms with Crippen LogP contribution in [0.15, 0.2) is 6.33 Å². The number of methoxy groups -OCH3 is 1. The van der Waals surface area contributed by atoms with Crippen LogP contribution in [0.25, 0.3) is 0 Å². The molecule has 0 aliphatic carbocycles. The highest BCUT2D eigenvalue weighted by Crippen LogP contribution is 2.31. The van der Waals surface area contributed by atoms with E-state index in [0.717, 1.165) is 0 Å². The average Bonchev–Trinajstić information content (AvgIpc) is 2.50. The molecule has 9 heteroatoms. The molecule has 1 aromatic rings. The van der Waals surface area contributed by atoms with Gasteiger partial charge in [-0.3, -0.25) is 0 Å². The van der Waals surface area contributed by atoms with E-state index in [0.29, 0.717) is 17.3 Å². The second-order valence-electron chi connectivity index (χ2n) is 5.20. The Kier molecular flexibility index (Phi) is 5.35. The second-order valence-corrected chi connectivity index (χ2v) is 5.20. The normalized spacial score (nSPS) is 28.4. The van der Waals surface area contributed by atoms with E-state index in [4.69, 9.17) is 15.2 Å². The third-order valence-electron chi connectivity index (χ3n) is 3.75. The molecule has 2 unspecified atom stereocenters. The van der Waals surface area contributed by atoms with Gasteiger partial charge in [-0.1, -0.05) is 0 Å². The fourth-order valence-corrected chi connectivity index (χ4v) is 2.52. The number of aliphatic hydroxyl groups excluding tert-OH is 2. The zero-order valence-electron chi connectivity index (χ0n) is 12.9. The van der Waals surface area contributed by atoms with Gasteiger partial charge in [0.15, 0.2) is 11.6 Å². The first-order valence-corrected chi connectivity index (χ1v) is 7.01. The molecule has 2 heterocycles. The highest BCUT2D eigenvalue weighted by atomic mass is 16.6. The predicted octanol–water partition coefficient (Wildman–Crippen LogP) is -0.980. The van der Waals surface area contributed by atoms with Crippen molar-refractivity contribution in [2.75, 3.05) is 43.8 Å². The van der Waals surface area contributed by atoms with Crippen LogP contribution < -0.4 is 16.0 Å². The van der Waals surface area contributed by atoms with Crippen LogP contribution in [-0.2, 0) is 9.47 Å². The number of aromatic nitrogens is 2. The molecule has 2 rings (SSSR count). The summed E-state index contributed by atoms with van der Waals surface area (Å²) in [7, 11) is 5.02. The number of hydrogen-bond donors (Lipinski definition) is 4. The Morgan fingerprint density at radius 3 is 2.86 bits per heavy atom. The molecule has 5 N–H and O–H groups in total. The van der Waals surface area contributed by atoms with E-state index in [9.17, 15) is 10.2 Å². The molecular weight excluding hydrogens is 290 g/mol. The molecule has 22 heavy (non-hydrogen) atoms. The highest BCUT2D eigenvalue weighted by Gasteiger charge is 2.39. The molecule has 0 saturated carbocycles. The Morgan fingerprint density at radius 2 is 2.23 bits per heavy atom. The van der Waals surface area contributed by atoms with Crippen molar-refractivity contribution >= 4 is 17.3 Å². The number of anilines is 3. The smallest absolute Gasteiger partial charge is 0.159 e. The van der Waals surface area contributed by atoms with E-state index < -0.39 is 24.5 Å². The lowest BCUT2D eigenvalue weighted by Gasteiger charge is -2.41. The van der Waals surface area contributed by atoms with Gasteiger partial charge in [-0.2, -0.15) is 0 Å². The lowest BCUT2D eigenvalue weighted by molar-refractivity contribution is -0.181. The van der Waals surface area contributed by atoms with Gasteiger partial charge in [0.2, 0.25) is 0 Å². The molecule has 1 aliphatic rings. The minimum atomic E-state index is -0.983. The molecule has 1 saturated heterocycles. The summed E-state index contributed by atoms with van der Waals surface area (Å²) in [5.41, 5.74) is 6.41. The van der Waals surface area contributed by atoms with Crippen molar-refractivity contribution in [3.63, 3.8) is 0 Å². The standard InChI is InChI=1S/C13H23N5O4/c1-15-10-12(14)16-6-17-13(10)18(2)9-4-7(19)11(20)8(22-9)5-21-3/h6-9,11,15,19-20H,4-5H2,1-3H3,(H2,14,16,17)/t7-,8?,9?,11-/m0/s1. The summed E-state index contributed by atoms with van der Waals surface area (Å²) in [6.45, 7) is 0.188. The summed E-state index contributed by atoms with van der Waals surface area (Å²) in [5.74, 6) is 0.879. The number of rotatable bonds is 5. The maximum absolute atomic E-state index is 10.0. The van der Waals surface area contributed by atoms with Gasteiger partial charge < -0.3 is 35.6 Å². The van der Waals surface area contributed by atoms with Gasteiger partial charge in [0, 0.05) is 27.6 Å². The largest absolute Gasteiger partial charge is 0.390 e. The van der Waals surface area contributed by atoms with Gasteiger partial charge in [0.05, 0.1) is 12.7 Å². The number of hydrogen-bond acceptors (Lipinski definition) is 9. The number of aliphatic hydroxyl groups is 2. The summed E-state index contributed by atoms with van der Waals surface area (Å²) < 4.78 is 10.9. The van der Waals surface area contributed by atoms with Crippen LogP contribution in [-0.4, -0.2) is 72.5 Å². The minimum absolute atomic E-state index is 0.188. The van der Waals surface area contributed by atoms with Crippen LogP contribution in [0, 0.1) is 0 Å². The van der Waals surface area contributed by atoms with Crippen molar-refractivity contribution in [3.05, 3.63) is 6.33 Å². The van der Waals surface area contributed by atoms with Crippen molar-refractivity contribution in [1.29, 1.82) is 0 Å². The van der Waals surface area contributed by atoms with Gasteiger partial charge in [-0.05, 0) is 0 Å². The molecule has 4 atom stereocenters. The Labute approximate surface area is 129 Å². The average molecular weight is 313 g/mol. The highest BCUT2D eigenvalue weighted by molar-refractivity contribution is 5.75. The van der Waals surface area contributed by atoms with Crippen LogP contribution in [0.1, 0.15) is 6.42 Å². The molecule has 1 aromatic heterocycles. The number of nitrogen functional groups attached to an aromatic ring is 1. The maximum atomic E-state index is 10.0. The number of nitrogens with one attached hydrogen (secondary N) is 1. The van der Waals surface area contributed by atoms with Crippen molar-refractivity contribution in [1.82, 2.24) is 9.97 Å². The van der Waals surface area contributed by atoms with Gasteiger partial charge in [-0.15, -0.1) is 0 Å².